The second-order valence-corrected chi connectivity index (χ2v) is 8.49. The average Bonchev–Trinajstić information content (AvgIpc) is 3.57. The fourth-order valence-corrected chi connectivity index (χ4v) is 4.85. The highest BCUT2D eigenvalue weighted by Crippen LogP contribution is 2.32. The van der Waals surface area contributed by atoms with E-state index >= 15 is 0 Å². The Bertz CT molecular complexity index is 1280. The number of carbonyl (C=O) groups excluding carboxylic acids is 2. The zero-order valence-electron chi connectivity index (χ0n) is 18.4. The van der Waals surface area contributed by atoms with Gasteiger partial charge in [0.15, 0.2) is 0 Å². The summed E-state index contributed by atoms with van der Waals surface area (Å²) in [6.07, 6.45) is 4.11. The smallest absolute Gasteiger partial charge is 0.296 e. The lowest BCUT2D eigenvalue weighted by molar-refractivity contribution is 0.0680. The van der Waals surface area contributed by atoms with Crippen molar-refractivity contribution in [3.8, 4) is 6.01 Å². The normalized spacial score (nSPS) is 20.5. The minimum atomic E-state index is -0.442. The first-order chi connectivity index (χ1) is 15.9. The number of nitrogens with zero attached hydrogens (tertiary/aromatic N) is 5. The van der Waals surface area contributed by atoms with Crippen LogP contribution in [-0.4, -0.2) is 74.5 Å². The lowest BCUT2D eigenvalue weighted by atomic mass is 9.96. The molecule has 0 spiro atoms. The highest BCUT2D eigenvalue weighted by Gasteiger charge is 2.40. The maximum Gasteiger partial charge on any atom is 0.296 e. The number of methoxy groups -OCH3 is 1. The molecule has 2 amide bonds. The maximum atomic E-state index is 13.3. The van der Waals surface area contributed by atoms with Gasteiger partial charge in [-0.2, -0.15) is 4.98 Å². The third kappa shape index (κ3) is 3.83. The van der Waals surface area contributed by atoms with Gasteiger partial charge in [-0.3, -0.25) is 19.4 Å². The van der Waals surface area contributed by atoms with Crippen LogP contribution < -0.4 is 10.3 Å². The number of pyridine rings is 1. The summed E-state index contributed by atoms with van der Waals surface area (Å²) in [7, 11) is 1.38. The minimum Gasteiger partial charge on any atom is -0.468 e. The van der Waals surface area contributed by atoms with Crippen LogP contribution >= 0.6 is 0 Å². The van der Waals surface area contributed by atoms with Crippen molar-refractivity contribution in [1.29, 1.82) is 0 Å². The zero-order chi connectivity index (χ0) is 23.1. The Kier molecular flexibility index (Phi) is 5.31. The Morgan fingerprint density at radius 2 is 2.06 bits per heavy atom. The largest absolute Gasteiger partial charge is 0.468 e. The zero-order valence-corrected chi connectivity index (χ0v) is 18.4. The Morgan fingerprint density at radius 3 is 2.88 bits per heavy atom. The lowest BCUT2D eigenvalue weighted by Crippen LogP contribution is -2.41. The Hall–Kier alpha value is -3.76. The van der Waals surface area contributed by atoms with Gasteiger partial charge >= 0.3 is 0 Å². The van der Waals surface area contributed by atoms with Crippen molar-refractivity contribution >= 4 is 22.9 Å². The van der Waals surface area contributed by atoms with E-state index in [2.05, 4.69) is 20.1 Å². The van der Waals surface area contributed by atoms with Crippen molar-refractivity contribution in [3.63, 3.8) is 0 Å². The standard InChI is InChI=1S/C22H24N6O5/c1-12-15-8-14(10-23-19(15)33-26-12)20(30)28-6-3-4-17(28)13-5-7-27(11-13)21(31)16-9-18(29)25-22(24-16)32-2/h8-10,13,17H,3-7,11H2,1-2H3,(H,24,25,29). The van der Waals surface area contributed by atoms with Crippen molar-refractivity contribution in [3.05, 3.63) is 45.6 Å². The fraction of sp³-hybridized carbons (Fsp3) is 0.455. The third-order valence-electron chi connectivity index (χ3n) is 6.51. The molecule has 33 heavy (non-hydrogen) atoms. The van der Waals surface area contributed by atoms with Gasteiger partial charge in [-0.15, -0.1) is 0 Å². The number of carbonyl (C=O) groups is 2. The minimum absolute atomic E-state index is 0.00259. The van der Waals surface area contributed by atoms with Crippen LogP contribution in [-0.2, 0) is 0 Å². The fourth-order valence-electron chi connectivity index (χ4n) is 4.85. The van der Waals surface area contributed by atoms with Crippen LogP contribution in [0.3, 0.4) is 0 Å². The number of aromatic nitrogens is 4. The summed E-state index contributed by atoms with van der Waals surface area (Å²) in [4.78, 5) is 52.4. The molecular weight excluding hydrogens is 428 g/mol. The molecule has 2 saturated heterocycles. The highest BCUT2D eigenvalue weighted by molar-refractivity contribution is 5.97. The predicted molar refractivity (Wildman–Crippen MR) is 116 cm³/mol. The van der Waals surface area contributed by atoms with Gasteiger partial charge in [0, 0.05) is 37.9 Å². The molecule has 2 atom stereocenters. The molecule has 1 N–H and O–H groups in total. The molecule has 0 aromatic carbocycles. The van der Waals surface area contributed by atoms with Crippen LogP contribution in [0.4, 0.5) is 0 Å². The van der Waals surface area contributed by atoms with Crippen molar-refractivity contribution < 1.29 is 18.8 Å². The molecule has 3 aromatic heterocycles. The van der Waals surface area contributed by atoms with E-state index in [0.717, 1.165) is 24.6 Å². The van der Waals surface area contributed by atoms with Gasteiger partial charge in [0.05, 0.1) is 23.8 Å². The molecule has 0 saturated carbocycles. The number of aromatic amines is 1. The molecule has 5 heterocycles. The van der Waals surface area contributed by atoms with E-state index in [1.165, 1.54) is 19.4 Å². The van der Waals surface area contributed by atoms with Crippen LogP contribution in [0.25, 0.3) is 11.1 Å². The number of nitrogens with one attached hydrogen (secondary N) is 1. The Labute approximate surface area is 188 Å². The van der Waals surface area contributed by atoms with E-state index in [1.807, 2.05) is 11.8 Å². The van der Waals surface area contributed by atoms with Gasteiger partial charge in [-0.1, -0.05) is 5.16 Å². The monoisotopic (exact) mass is 452 g/mol. The number of fused-ring (bicyclic) bond motifs is 1. The molecule has 3 aromatic rings. The summed E-state index contributed by atoms with van der Waals surface area (Å²) in [5.41, 5.74) is 1.23. The second kappa shape index (κ2) is 8.30. The van der Waals surface area contributed by atoms with E-state index in [-0.39, 0.29) is 35.5 Å². The molecule has 0 bridgehead atoms. The van der Waals surface area contributed by atoms with E-state index in [1.54, 1.807) is 11.0 Å². The molecule has 2 unspecified atom stereocenters. The number of ether oxygens (including phenoxy) is 1. The van der Waals surface area contributed by atoms with Gasteiger partial charge in [-0.25, -0.2) is 4.98 Å². The predicted octanol–water partition coefficient (Wildman–Crippen LogP) is 1.39. The average molecular weight is 452 g/mol. The van der Waals surface area contributed by atoms with E-state index in [0.29, 0.717) is 36.6 Å². The summed E-state index contributed by atoms with van der Waals surface area (Å²) in [5.74, 6) is -0.230. The van der Waals surface area contributed by atoms with Crippen molar-refractivity contribution in [1.82, 2.24) is 29.9 Å². The van der Waals surface area contributed by atoms with Crippen LogP contribution in [0.1, 0.15) is 45.8 Å². The number of amides is 2. The maximum absolute atomic E-state index is 13.3. The van der Waals surface area contributed by atoms with Crippen LogP contribution in [0.15, 0.2) is 27.6 Å². The number of H-pyrrole nitrogens is 1. The molecule has 2 aliphatic rings. The first-order valence-electron chi connectivity index (χ1n) is 10.9. The first kappa shape index (κ1) is 21.1. The number of hydrogen-bond acceptors (Lipinski definition) is 8. The van der Waals surface area contributed by atoms with Gasteiger partial charge in [-0.05, 0) is 38.2 Å². The lowest BCUT2D eigenvalue weighted by Gasteiger charge is -2.29. The molecule has 0 radical (unpaired) electrons. The SMILES string of the molecule is COc1nc(C(=O)N2CCC(C3CCCN3C(=O)c3cnc4onc(C)c4c3)C2)cc(=O)[nH]1. The topological polar surface area (TPSA) is 135 Å². The summed E-state index contributed by atoms with van der Waals surface area (Å²) in [6, 6.07) is 3.00. The van der Waals surface area contributed by atoms with Gasteiger partial charge < -0.3 is 19.1 Å². The number of likely N-dealkylation sites (tertiary alicyclic amines) is 2. The molecule has 2 fully saturated rings. The Morgan fingerprint density at radius 1 is 1.21 bits per heavy atom. The number of rotatable bonds is 4. The summed E-state index contributed by atoms with van der Waals surface area (Å²) in [6.45, 7) is 3.54. The molecular formula is C22H24N6O5. The summed E-state index contributed by atoms with van der Waals surface area (Å²) in [5, 5.41) is 4.63. The first-order valence-corrected chi connectivity index (χ1v) is 10.9. The van der Waals surface area contributed by atoms with Gasteiger partial charge in [0.2, 0.25) is 0 Å². The Balaban J connectivity index is 1.31. The molecule has 172 valence electrons. The molecule has 11 nitrogen and oxygen atoms in total. The van der Waals surface area contributed by atoms with Crippen molar-refractivity contribution in [2.45, 2.75) is 32.2 Å². The van der Waals surface area contributed by atoms with Crippen molar-refractivity contribution in [2.75, 3.05) is 26.7 Å². The van der Waals surface area contributed by atoms with Crippen molar-refractivity contribution in [2.24, 2.45) is 5.92 Å². The van der Waals surface area contributed by atoms with Crippen LogP contribution in [0.2, 0.25) is 0 Å². The van der Waals surface area contributed by atoms with Crippen LogP contribution in [0, 0.1) is 12.8 Å². The summed E-state index contributed by atoms with van der Waals surface area (Å²) < 4.78 is 10.1. The van der Waals surface area contributed by atoms with Crippen LogP contribution in [0.5, 0.6) is 6.01 Å². The number of aryl methyl sites for hydroxylation is 1. The highest BCUT2D eigenvalue weighted by atomic mass is 16.5. The third-order valence-corrected chi connectivity index (χ3v) is 6.51. The van der Waals surface area contributed by atoms with E-state index in [9.17, 15) is 14.4 Å². The quantitative estimate of drug-likeness (QED) is 0.628. The van der Waals surface area contributed by atoms with E-state index in [4.69, 9.17) is 9.26 Å². The van der Waals surface area contributed by atoms with Gasteiger partial charge in [0.25, 0.3) is 29.1 Å². The number of hydrogen-bond donors (Lipinski definition) is 1. The molecule has 11 heteroatoms. The van der Waals surface area contributed by atoms with E-state index < -0.39 is 5.56 Å². The molecule has 2 aliphatic heterocycles. The summed E-state index contributed by atoms with van der Waals surface area (Å²) >= 11 is 0. The molecule has 5 rings (SSSR count). The second-order valence-electron chi connectivity index (χ2n) is 8.49. The van der Waals surface area contributed by atoms with Gasteiger partial charge in [0.1, 0.15) is 5.69 Å². The molecule has 0 aliphatic carbocycles.